The number of hydrogen-bond acceptors (Lipinski definition) is 3. The van der Waals surface area contributed by atoms with Crippen molar-refractivity contribution < 1.29 is 4.79 Å². The van der Waals surface area contributed by atoms with Gasteiger partial charge in [-0.15, -0.1) is 0 Å². The lowest BCUT2D eigenvalue weighted by Crippen LogP contribution is -2.55. The second kappa shape index (κ2) is 5.75. The van der Waals surface area contributed by atoms with E-state index in [-0.39, 0.29) is 5.91 Å². The van der Waals surface area contributed by atoms with E-state index in [1.165, 1.54) is 12.8 Å². The van der Waals surface area contributed by atoms with Crippen LogP contribution in [0, 0.1) is 0 Å². The number of hydrogen-bond donors (Lipinski definition) is 2. The van der Waals surface area contributed by atoms with Crippen LogP contribution in [0.1, 0.15) is 23.3 Å². The van der Waals surface area contributed by atoms with Gasteiger partial charge >= 0.3 is 0 Å². The third kappa shape index (κ3) is 2.82. The highest BCUT2D eigenvalue weighted by Gasteiger charge is 2.27. The van der Waals surface area contributed by atoms with Gasteiger partial charge in [-0.25, -0.2) is 0 Å². The topological polar surface area (TPSA) is 51.4 Å². The molecule has 1 aromatic rings. The molecule has 104 valence electrons. The Morgan fingerprint density at radius 3 is 2.74 bits per heavy atom. The molecule has 3 rings (SSSR count). The first-order chi connectivity index (χ1) is 9.34. The second-order valence-corrected chi connectivity index (χ2v) is 5.41. The van der Waals surface area contributed by atoms with Gasteiger partial charge in [-0.3, -0.25) is 9.69 Å². The summed E-state index contributed by atoms with van der Waals surface area (Å²) in [6.45, 7) is 5.94. The molecule has 0 spiro atoms. The summed E-state index contributed by atoms with van der Waals surface area (Å²) >= 11 is 0. The highest BCUT2D eigenvalue weighted by atomic mass is 16.2. The third-order valence-electron chi connectivity index (χ3n) is 4.22. The van der Waals surface area contributed by atoms with Gasteiger partial charge in [0.05, 0.1) is 0 Å². The predicted octanol–water partition coefficient (Wildman–Crippen LogP) is 0.525. The molecular weight excluding hydrogens is 240 g/mol. The van der Waals surface area contributed by atoms with E-state index >= 15 is 0 Å². The van der Waals surface area contributed by atoms with Crippen molar-refractivity contribution >= 4 is 5.91 Å². The van der Waals surface area contributed by atoms with Gasteiger partial charge in [-0.2, -0.15) is 0 Å². The summed E-state index contributed by atoms with van der Waals surface area (Å²) in [5.41, 5.74) is 0.702. The van der Waals surface area contributed by atoms with E-state index in [0.717, 1.165) is 39.3 Å². The van der Waals surface area contributed by atoms with Crippen LogP contribution in [0.15, 0.2) is 18.3 Å². The Balaban J connectivity index is 1.53. The van der Waals surface area contributed by atoms with Crippen LogP contribution < -0.4 is 5.32 Å². The lowest BCUT2D eigenvalue weighted by Gasteiger charge is -2.40. The van der Waals surface area contributed by atoms with Crippen LogP contribution >= 0.6 is 0 Å². The first-order valence-corrected chi connectivity index (χ1v) is 7.22. The van der Waals surface area contributed by atoms with Gasteiger partial charge in [-0.05, 0) is 31.5 Å². The number of aromatic nitrogens is 1. The highest BCUT2D eigenvalue weighted by Crippen LogP contribution is 2.14. The first-order valence-electron chi connectivity index (χ1n) is 7.22. The van der Waals surface area contributed by atoms with Crippen molar-refractivity contribution in [1.82, 2.24) is 20.1 Å². The standard InChI is InChI=1S/C14H22N4O/c19-14(13-4-2-6-16-13)18-9-7-17(8-10-18)12-3-1-5-15-11-12/h2,4,6,12,15-16H,1,3,5,7-11H2. The molecule has 2 saturated heterocycles. The average Bonchev–Trinajstić information content (AvgIpc) is 3.02. The minimum atomic E-state index is 0.131. The minimum absolute atomic E-state index is 0.131. The molecule has 0 aliphatic carbocycles. The molecule has 5 heteroatoms. The van der Waals surface area contributed by atoms with Gasteiger partial charge in [0.1, 0.15) is 5.69 Å². The Morgan fingerprint density at radius 1 is 1.26 bits per heavy atom. The predicted molar refractivity (Wildman–Crippen MR) is 74.2 cm³/mol. The molecule has 2 aliphatic rings. The Hall–Kier alpha value is -1.33. The number of amides is 1. The van der Waals surface area contributed by atoms with Crippen LogP contribution in [0.5, 0.6) is 0 Å². The fourth-order valence-corrected chi connectivity index (χ4v) is 3.07. The van der Waals surface area contributed by atoms with Crippen molar-refractivity contribution in [3.63, 3.8) is 0 Å². The number of rotatable bonds is 2. The highest BCUT2D eigenvalue weighted by molar-refractivity contribution is 5.92. The summed E-state index contributed by atoms with van der Waals surface area (Å²) in [7, 11) is 0. The summed E-state index contributed by atoms with van der Waals surface area (Å²) in [5, 5.41) is 3.46. The number of carbonyl (C=O) groups excluding carboxylic acids is 1. The Labute approximate surface area is 114 Å². The van der Waals surface area contributed by atoms with Gasteiger partial charge in [0.15, 0.2) is 0 Å². The third-order valence-corrected chi connectivity index (χ3v) is 4.22. The van der Waals surface area contributed by atoms with Crippen molar-refractivity contribution in [2.24, 2.45) is 0 Å². The van der Waals surface area contributed by atoms with E-state index in [4.69, 9.17) is 0 Å². The van der Waals surface area contributed by atoms with E-state index in [9.17, 15) is 4.79 Å². The lowest BCUT2D eigenvalue weighted by molar-refractivity contribution is 0.0536. The molecule has 2 N–H and O–H groups in total. The first kappa shape index (κ1) is 12.7. The molecule has 1 aromatic heterocycles. The molecule has 2 aliphatic heterocycles. The summed E-state index contributed by atoms with van der Waals surface area (Å²) in [4.78, 5) is 19.7. The Morgan fingerprint density at radius 2 is 2.11 bits per heavy atom. The minimum Gasteiger partial charge on any atom is -0.357 e. The summed E-state index contributed by atoms with van der Waals surface area (Å²) < 4.78 is 0. The molecule has 0 aromatic carbocycles. The van der Waals surface area contributed by atoms with Gasteiger partial charge in [-0.1, -0.05) is 0 Å². The van der Waals surface area contributed by atoms with E-state index in [2.05, 4.69) is 15.2 Å². The van der Waals surface area contributed by atoms with Crippen LogP contribution in [0.4, 0.5) is 0 Å². The molecule has 0 radical (unpaired) electrons. The maximum Gasteiger partial charge on any atom is 0.270 e. The maximum absolute atomic E-state index is 12.2. The number of H-pyrrole nitrogens is 1. The van der Waals surface area contributed by atoms with Gasteiger partial charge in [0, 0.05) is 45.0 Å². The number of nitrogens with zero attached hydrogens (tertiary/aromatic N) is 2. The molecule has 0 saturated carbocycles. The summed E-state index contributed by atoms with van der Waals surface area (Å²) in [6.07, 6.45) is 4.36. The zero-order valence-corrected chi connectivity index (χ0v) is 11.3. The van der Waals surface area contributed by atoms with Crippen LogP contribution in [0.3, 0.4) is 0 Å². The number of aromatic amines is 1. The van der Waals surface area contributed by atoms with Crippen molar-refractivity contribution in [2.45, 2.75) is 18.9 Å². The zero-order valence-electron chi connectivity index (χ0n) is 11.3. The van der Waals surface area contributed by atoms with Gasteiger partial charge < -0.3 is 15.2 Å². The van der Waals surface area contributed by atoms with Crippen LogP contribution in [-0.4, -0.2) is 66.0 Å². The quantitative estimate of drug-likeness (QED) is 0.817. The number of nitrogens with one attached hydrogen (secondary N) is 2. The van der Waals surface area contributed by atoms with Crippen molar-refractivity contribution in [1.29, 1.82) is 0 Å². The monoisotopic (exact) mass is 262 g/mol. The second-order valence-electron chi connectivity index (χ2n) is 5.41. The normalized spacial score (nSPS) is 25.5. The van der Waals surface area contributed by atoms with Crippen molar-refractivity contribution in [2.75, 3.05) is 39.3 Å². The molecule has 1 unspecified atom stereocenters. The van der Waals surface area contributed by atoms with Crippen LogP contribution in [-0.2, 0) is 0 Å². The number of piperazine rings is 1. The number of carbonyl (C=O) groups is 1. The van der Waals surface area contributed by atoms with Crippen LogP contribution in [0.25, 0.3) is 0 Å². The largest absolute Gasteiger partial charge is 0.357 e. The molecule has 3 heterocycles. The lowest BCUT2D eigenvalue weighted by atomic mass is 10.1. The fourth-order valence-electron chi connectivity index (χ4n) is 3.07. The molecule has 1 amide bonds. The van der Waals surface area contributed by atoms with E-state index in [0.29, 0.717) is 11.7 Å². The molecule has 2 fully saturated rings. The molecule has 19 heavy (non-hydrogen) atoms. The summed E-state index contributed by atoms with van der Waals surface area (Å²) in [5.74, 6) is 0.131. The van der Waals surface area contributed by atoms with E-state index < -0.39 is 0 Å². The van der Waals surface area contributed by atoms with Gasteiger partial charge in [0.2, 0.25) is 0 Å². The maximum atomic E-state index is 12.2. The van der Waals surface area contributed by atoms with E-state index in [1.54, 1.807) is 6.20 Å². The zero-order chi connectivity index (χ0) is 13.1. The van der Waals surface area contributed by atoms with Crippen molar-refractivity contribution in [3.05, 3.63) is 24.0 Å². The Bertz CT molecular complexity index is 403. The molecule has 0 bridgehead atoms. The van der Waals surface area contributed by atoms with Crippen molar-refractivity contribution in [3.8, 4) is 0 Å². The SMILES string of the molecule is O=C(c1ccc[nH]1)N1CCN(C2CCCNC2)CC1. The molecule has 5 nitrogen and oxygen atoms in total. The summed E-state index contributed by atoms with van der Waals surface area (Å²) in [6, 6.07) is 4.38. The van der Waals surface area contributed by atoms with E-state index in [1.807, 2.05) is 17.0 Å². The average molecular weight is 262 g/mol. The van der Waals surface area contributed by atoms with Crippen LogP contribution in [0.2, 0.25) is 0 Å². The smallest absolute Gasteiger partial charge is 0.270 e. The molecular formula is C14H22N4O. The fraction of sp³-hybridized carbons (Fsp3) is 0.643. The van der Waals surface area contributed by atoms with Gasteiger partial charge in [0.25, 0.3) is 5.91 Å². The number of piperidine rings is 1. The molecule has 1 atom stereocenters. The Kier molecular flexibility index (Phi) is 3.84.